The number of rotatable bonds is 2. The molecule has 1 aliphatic heterocycles. The Morgan fingerprint density at radius 3 is 2.12 bits per heavy atom. The van der Waals surface area contributed by atoms with E-state index >= 15 is 0 Å². The Morgan fingerprint density at radius 1 is 0.638 bits per heavy atom. The van der Waals surface area contributed by atoms with Crippen molar-refractivity contribution < 1.29 is 10.2 Å². The summed E-state index contributed by atoms with van der Waals surface area (Å²) in [6, 6.07) is 42.0. The fourth-order valence-corrected chi connectivity index (χ4v) is 11.1. The van der Waals surface area contributed by atoms with Crippen LogP contribution in [0.5, 0.6) is 5.75 Å². The number of nitrogens with one attached hydrogen (secondary N) is 4. The Hall–Kier alpha value is -6.42. The third-order valence-corrected chi connectivity index (χ3v) is 13.9. The average Bonchev–Trinajstić information content (AvgIpc) is 4.10. The van der Waals surface area contributed by atoms with Crippen LogP contribution in [0.1, 0.15) is 95.5 Å². The number of hydrogen-bond acceptors (Lipinski definition) is 2. The van der Waals surface area contributed by atoms with Crippen molar-refractivity contribution in [2.24, 2.45) is 17.3 Å². The highest BCUT2D eigenvalue weighted by Gasteiger charge is 2.54. The van der Waals surface area contributed by atoms with Crippen molar-refractivity contribution in [3.05, 3.63) is 193 Å². The predicted octanol–water partition coefficient (Wildman–Crippen LogP) is 6.81. The molecule has 6 nitrogen and oxygen atoms in total. The first kappa shape index (κ1) is 34.8. The summed E-state index contributed by atoms with van der Waals surface area (Å²) < 4.78 is 0. The molecule has 3 aliphatic carbocycles. The summed E-state index contributed by atoms with van der Waals surface area (Å²) in [6.45, 7) is 2.32. The molecule has 0 amide bonds. The van der Waals surface area contributed by atoms with Crippen molar-refractivity contribution in [1.82, 2.24) is 19.9 Å². The summed E-state index contributed by atoms with van der Waals surface area (Å²) in [4.78, 5) is 15.0. The fraction of sp³-hybridized carbons (Fsp3) is 0.231. The number of aliphatic hydroxyl groups excluding tert-OH is 1. The molecule has 6 N–H and O–H groups in total. The van der Waals surface area contributed by atoms with E-state index < -0.39 is 0 Å². The minimum Gasteiger partial charge on any atom is -0.508 e. The van der Waals surface area contributed by atoms with Gasteiger partial charge < -0.3 is 30.1 Å². The lowest BCUT2D eigenvalue weighted by Gasteiger charge is -2.50. The lowest BCUT2D eigenvalue weighted by Crippen LogP contribution is -2.44. The molecule has 0 radical (unpaired) electrons. The quantitative estimate of drug-likeness (QED) is 0.109. The molecular weight excluding hydrogens is 713 g/mol. The highest BCUT2D eigenvalue weighted by atomic mass is 16.3. The summed E-state index contributed by atoms with van der Waals surface area (Å²) >= 11 is 0. The van der Waals surface area contributed by atoms with Crippen molar-refractivity contribution in [2.45, 2.75) is 57.5 Å². The lowest BCUT2D eigenvalue weighted by atomic mass is 9.55. The normalized spacial score (nSPS) is 23.3. The van der Waals surface area contributed by atoms with Gasteiger partial charge in [0.05, 0.1) is 22.7 Å². The van der Waals surface area contributed by atoms with Crippen molar-refractivity contribution in [1.29, 1.82) is 0 Å². The Balaban J connectivity index is 1.14. The van der Waals surface area contributed by atoms with Crippen LogP contribution >= 0.6 is 0 Å². The molecule has 0 spiro atoms. The highest BCUT2D eigenvalue weighted by Crippen LogP contribution is 2.61. The van der Waals surface area contributed by atoms with E-state index in [9.17, 15) is 10.2 Å². The SMILES string of the molecule is C[C@]12CC[C@@H]3c4c(C#CC5=c6ccc([nH]6)=C(c6ccccc6)c6ccc([nH]6)C=c6ccc([nH]6)=C(c6ccccc6)c6ccc5[nH]6)cc(O)cc4CC[C@H]3[C@@H]1CC[C@H]2O. The van der Waals surface area contributed by atoms with E-state index in [4.69, 9.17) is 0 Å². The molecule has 7 aromatic rings. The van der Waals surface area contributed by atoms with Gasteiger partial charge in [0.1, 0.15) is 5.75 Å². The number of fused-ring (bicyclic) bond motifs is 13. The number of phenols is 1. The van der Waals surface area contributed by atoms with Gasteiger partial charge in [0, 0.05) is 49.8 Å². The van der Waals surface area contributed by atoms with Crippen LogP contribution in [0, 0.1) is 29.1 Å². The number of hydrogen-bond donors (Lipinski definition) is 6. The van der Waals surface area contributed by atoms with Gasteiger partial charge in [0.15, 0.2) is 0 Å². The monoisotopic (exact) mass is 758 g/mol. The zero-order valence-corrected chi connectivity index (χ0v) is 32.6. The Labute approximate surface area is 337 Å². The van der Waals surface area contributed by atoms with Gasteiger partial charge in [-0.15, -0.1) is 0 Å². The number of aryl methyl sites for hydroxylation is 1. The van der Waals surface area contributed by atoms with E-state index in [1.54, 1.807) is 0 Å². The van der Waals surface area contributed by atoms with Crippen molar-refractivity contribution in [3.63, 3.8) is 0 Å². The van der Waals surface area contributed by atoms with E-state index in [1.807, 2.05) is 24.3 Å². The summed E-state index contributed by atoms with van der Waals surface area (Å²) in [7, 11) is 0. The number of aliphatic hydroxyl groups is 1. The molecule has 4 aliphatic rings. The van der Waals surface area contributed by atoms with Crippen molar-refractivity contribution >= 4 is 22.8 Å². The number of aromatic nitrogens is 4. The van der Waals surface area contributed by atoms with E-state index in [0.717, 1.165) is 116 Å². The summed E-state index contributed by atoms with van der Waals surface area (Å²) in [5, 5.41) is 26.1. The first-order valence-corrected chi connectivity index (χ1v) is 20.8. The number of phenolic OH excluding ortho intramolecular Hbond substituents is 1. The summed E-state index contributed by atoms with van der Waals surface area (Å²) in [5.41, 5.74) is 12.5. The van der Waals surface area contributed by atoms with Crippen LogP contribution in [0.2, 0.25) is 0 Å². The molecule has 5 heterocycles. The van der Waals surface area contributed by atoms with Gasteiger partial charge in [-0.2, -0.15) is 0 Å². The number of aromatic amines is 4. The maximum Gasteiger partial charge on any atom is 0.117 e. The maximum atomic E-state index is 11.1. The third-order valence-electron chi connectivity index (χ3n) is 13.9. The molecule has 2 fully saturated rings. The second kappa shape index (κ2) is 13.6. The van der Waals surface area contributed by atoms with E-state index in [2.05, 4.69) is 142 Å². The van der Waals surface area contributed by atoms with Crippen LogP contribution in [0.15, 0.2) is 121 Å². The molecule has 0 saturated heterocycles. The molecular formula is C52H46N4O2. The largest absolute Gasteiger partial charge is 0.508 e. The van der Waals surface area contributed by atoms with Crippen LogP contribution in [0.4, 0.5) is 0 Å². The molecule has 2 saturated carbocycles. The zero-order chi connectivity index (χ0) is 39.0. The van der Waals surface area contributed by atoms with Crippen LogP contribution in [-0.4, -0.2) is 36.3 Å². The average molecular weight is 759 g/mol. The van der Waals surface area contributed by atoms with Gasteiger partial charge in [0.25, 0.3) is 0 Å². The molecule has 8 bridgehead atoms. The Kier molecular flexibility index (Phi) is 8.17. The molecule has 0 unspecified atom stereocenters. The molecule has 286 valence electrons. The minimum absolute atomic E-state index is 0.00939. The van der Waals surface area contributed by atoms with Crippen molar-refractivity contribution in [3.8, 4) is 17.6 Å². The van der Waals surface area contributed by atoms with Crippen LogP contribution in [0.25, 0.3) is 22.8 Å². The first-order chi connectivity index (χ1) is 28.4. The topological polar surface area (TPSA) is 104 Å². The van der Waals surface area contributed by atoms with E-state index in [1.165, 1.54) is 11.1 Å². The van der Waals surface area contributed by atoms with Crippen molar-refractivity contribution in [2.75, 3.05) is 0 Å². The Bertz CT molecular complexity index is 3040. The minimum atomic E-state index is -0.217. The Morgan fingerprint density at radius 2 is 1.33 bits per heavy atom. The van der Waals surface area contributed by atoms with Crippen LogP contribution < -0.4 is 21.4 Å². The molecule has 11 rings (SSSR count). The smallest absolute Gasteiger partial charge is 0.117 e. The molecule has 4 aromatic heterocycles. The van der Waals surface area contributed by atoms with E-state index in [0.29, 0.717) is 17.8 Å². The predicted molar refractivity (Wildman–Crippen MR) is 229 cm³/mol. The molecule has 3 aromatic carbocycles. The second-order valence-corrected chi connectivity index (χ2v) is 17.1. The number of benzene rings is 3. The van der Waals surface area contributed by atoms with Gasteiger partial charge in [-0.25, -0.2) is 0 Å². The van der Waals surface area contributed by atoms with Gasteiger partial charge in [-0.1, -0.05) is 79.4 Å². The second-order valence-electron chi connectivity index (χ2n) is 17.1. The fourth-order valence-electron chi connectivity index (χ4n) is 11.1. The number of H-pyrrole nitrogens is 4. The first-order valence-electron chi connectivity index (χ1n) is 20.8. The third kappa shape index (κ3) is 5.76. The van der Waals surface area contributed by atoms with Gasteiger partial charge >= 0.3 is 0 Å². The molecule has 5 atom stereocenters. The van der Waals surface area contributed by atoms with Gasteiger partial charge in [-0.3, -0.25) is 0 Å². The molecule has 58 heavy (non-hydrogen) atoms. The highest BCUT2D eigenvalue weighted by molar-refractivity contribution is 5.83. The standard InChI is InChI=1S/C52H46N4O2/c1-52-27-26-39-38(41(52)18-25-48(52)58)16-12-33-28-37(57)29-34(49(33)39)13-17-40-42-21-23-46(55-42)50(31-8-4-2-5-9-31)44-19-14-35(53-44)30-36-15-20-45(54-36)51(32-10-6-3-7-11-32)47-24-22-43(40)56-47/h2-11,14-15,19-24,28-30,38-39,41,48,53-58H,12,16,18,25-27H2,1H3/t38-,39+,41+,48-,52+/m1/s1. The van der Waals surface area contributed by atoms with Crippen LogP contribution in [0.3, 0.4) is 0 Å². The lowest BCUT2D eigenvalue weighted by molar-refractivity contribution is -0.0226. The van der Waals surface area contributed by atoms with E-state index in [-0.39, 0.29) is 17.3 Å². The van der Waals surface area contributed by atoms with Crippen LogP contribution in [-0.2, 0) is 6.42 Å². The molecule has 6 heteroatoms. The maximum absolute atomic E-state index is 11.1. The summed E-state index contributed by atoms with van der Waals surface area (Å²) in [6.07, 6.45) is 7.99. The zero-order valence-electron chi connectivity index (χ0n) is 32.6. The van der Waals surface area contributed by atoms with Gasteiger partial charge in [0.2, 0.25) is 0 Å². The van der Waals surface area contributed by atoms with Gasteiger partial charge in [-0.05, 0) is 151 Å². The number of aromatic hydroxyl groups is 1. The summed E-state index contributed by atoms with van der Waals surface area (Å²) in [5.74, 6) is 9.01.